The number of rotatable bonds is 4. The molecule has 2 unspecified atom stereocenters. The van der Waals surface area contributed by atoms with Crippen molar-refractivity contribution >= 4 is 12.0 Å². The molecular weight excluding hydrogens is 308 g/mol. The summed E-state index contributed by atoms with van der Waals surface area (Å²) in [5, 5.41) is 2.74. The van der Waals surface area contributed by atoms with Gasteiger partial charge in [-0.05, 0) is 45.4 Å². The molecule has 2 amide bonds. The van der Waals surface area contributed by atoms with E-state index in [1.165, 1.54) is 0 Å². The molecule has 24 heavy (non-hydrogen) atoms. The zero-order valence-electron chi connectivity index (χ0n) is 15.0. The smallest absolute Gasteiger partial charge is 0.408 e. The van der Waals surface area contributed by atoms with E-state index < -0.39 is 17.7 Å². The molecule has 1 aliphatic heterocycles. The van der Waals surface area contributed by atoms with Crippen molar-refractivity contribution in [3.05, 3.63) is 29.8 Å². The molecule has 0 aliphatic carbocycles. The van der Waals surface area contributed by atoms with Crippen molar-refractivity contribution in [2.45, 2.75) is 45.3 Å². The first kappa shape index (κ1) is 18.1. The van der Waals surface area contributed by atoms with Gasteiger partial charge in [0, 0.05) is 19.0 Å². The Bertz CT molecular complexity index is 592. The van der Waals surface area contributed by atoms with Gasteiger partial charge in [-0.1, -0.05) is 12.1 Å². The fraction of sp³-hybridized carbons (Fsp3) is 0.556. The summed E-state index contributed by atoms with van der Waals surface area (Å²) in [6.07, 6.45) is -0.572. The summed E-state index contributed by atoms with van der Waals surface area (Å²) < 4.78 is 10.5. The molecule has 0 radical (unpaired) electrons. The molecule has 0 bridgehead atoms. The molecule has 1 aliphatic rings. The lowest BCUT2D eigenvalue weighted by molar-refractivity contribution is -0.129. The predicted molar refractivity (Wildman–Crippen MR) is 91.1 cm³/mol. The fourth-order valence-electron chi connectivity index (χ4n) is 2.83. The quantitative estimate of drug-likeness (QED) is 0.919. The number of benzene rings is 1. The van der Waals surface area contributed by atoms with Crippen LogP contribution in [0, 0.1) is 0 Å². The molecular formula is C18H26N2O4. The van der Waals surface area contributed by atoms with Crippen molar-refractivity contribution in [1.82, 2.24) is 10.2 Å². The van der Waals surface area contributed by atoms with Gasteiger partial charge in [-0.15, -0.1) is 0 Å². The Balaban J connectivity index is 2.20. The molecule has 0 saturated carbocycles. The summed E-state index contributed by atoms with van der Waals surface area (Å²) >= 11 is 0. The van der Waals surface area contributed by atoms with Crippen molar-refractivity contribution < 1.29 is 19.1 Å². The largest absolute Gasteiger partial charge is 0.497 e. The number of carbonyl (C=O) groups excluding carboxylic acids is 2. The van der Waals surface area contributed by atoms with Gasteiger partial charge in [-0.25, -0.2) is 4.79 Å². The molecule has 1 aromatic carbocycles. The van der Waals surface area contributed by atoms with Gasteiger partial charge in [0.15, 0.2) is 0 Å². The first-order chi connectivity index (χ1) is 11.2. The SMILES string of the molecule is CCN1CC(c2ccc(OC)cc2)C(NC(=O)OC(C)(C)C)C1=O. The number of carbonyl (C=O) groups is 2. The Morgan fingerprint density at radius 2 is 1.92 bits per heavy atom. The van der Waals surface area contributed by atoms with Crippen LogP contribution in [0.1, 0.15) is 39.2 Å². The van der Waals surface area contributed by atoms with Crippen molar-refractivity contribution in [2.24, 2.45) is 0 Å². The molecule has 0 aromatic heterocycles. The Labute approximate surface area is 143 Å². The molecule has 2 rings (SSSR count). The third kappa shape index (κ3) is 4.19. The third-order valence-corrected chi connectivity index (χ3v) is 4.00. The first-order valence-electron chi connectivity index (χ1n) is 8.17. The molecule has 1 aromatic rings. The minimum atomic E-state index is -0.617. The highest BCUT2D eigenvalue weighted by Crippen LogP contribution is 2.30. The second kappa shape index (κ2) is 7.11. The number of nitrogens with one attached hydrogen (secondary N) is 1. The van der Waals surface area contributed by atoms with Crippen LogP contribution >= 0.6 is 0 Å². The topological polar surface area (TPSA) is 67.9 Å². The summed E-state index contributed by atoms with van der Waals surface area (Å²) in [6.45, 7) is 8.49. The lowest BCUT2D eigenvalue weighted by atomic mass is 9.94. The van der Waals surface area contributed by atoms with E-state index in [1.54, 1.807) is 32.8 Å². The van der Waals surface area contributed by atoms with Crippen molar-refractivity contribution in [2.75, 3.05) is 20.2 Å². The van der Waals surface area contributed by atoms with Crippen LogP contribution in [-0.2, 0) is 9.53 Å². The number of hydrogen-bond acceptors (Lipinski definition) is 4. The lowest BCUT2D eigenvalue weighted by Gasteiger charge is -2.23. The standard InChI is InChI=1S/C18H26N2O4/c1-6-20-11-14(12-7-9-13(23-5)10-8-12)15(16(20)21)19-17(22)24-18(2,3)4/h7-10,14-15H,6,11H2,1-5H3,(H,19,22). The number of nitrogens with zero attached hydrogens (tertiary/aromatic N) is 1. The lowest BCUT2D eigenvalue weighted by Crippen LogP contribution is -2.45. The van der Waals surface area contributed by atoms with Crippen LogP contribution in [0.2, 0.25) is 0 Å². The van der Waals surface area contributed by atoms with Crippen LogP contribution in [0.15, 0.2) is 24.3 Å². The van der Waals surface area contributed by atoms with E-state index in [0.29, 0.717) is 13.1 Å². The number of methoxy groups -OCH3 is 1. The maximum absolute atomic E-state index is 12.6. The molecule has 132 valence electrons. The van der Waals surface area contributed by atoms with Crippen molar-refractivity contribution in [3.63, 3.8) is 0 Å². The van der Waals surface area contributed by atoms with Gasteiger partial charge in [-0.3, -0.25) is 4.79 Å². The van der Waals surface area contributed by atoms with Gasteiger partial charge in [0.1, 0.15) is 17.4 Å². The molecule has 2 atom stereocenters. The van der Waals surface area contributed by atoms with Gasteiger partial charge in [0.25, 0.3) is 0 Å². The van der Waals surface area contributed by atoms with Crippen LogP contribution in [0.25, 0.3) is 0 Å². The maximum Gasteiger partial charge on any atom is 0.408 e. The minimum absolute atomic E-state index is 0.0795. The zero-order valence-corrected chi connectivity index (χ0v) is 15.0. The second-order valence-corrected chi connectivity index (χ2v) is 6.88. The van der Waals surface area contributed by atoms with Crippen LogP contribution in [0.4, 0.5) is 4.79 Å². The van der Waals surface area contributed by atoms with E-state index >= 15 is 0 Å². The number of likely N-dealkylation sites (tertiary alicyclic amines) is 1. The maximum atomic E-state index is 12.6. The van der Waals surface area contributed by atoms with E-state index in [0.717, 1.165) is 11.3 Å². The third-order valence-electron chi connectivity index (χ3n) is 4.00. The summed E-state index contributed by atoms with van der Waals surface area (Å²) in [7, 11) is 1.61. The summed E-state index contributed by atoms with van der Waals surface area (Å²) in [5.74, 6) is 0.562. The van der Waals surface area contributed by atoms with Gasteiger partial charge >= 0.3 is 6.09 Å². The number of alkyl carbamates (subject to hydrolysis) is 1. The van der Waals surface area contributed by atoms with Crippen molar-refractivity contribution in [3.8, 4) is 5.75 Å². The molecule has 1 saturated heterocycles. The molecule has 1 N–H and O–H groups in total. The summed E-state index contributed by atoms with van der Waals surface area (Å²) in [4.78, 5) is 26.4. The highest BCUT2D eigenvalue weighted by molar-refractivity contribution is 5.89. The predicted octanol–water partition coefficient (Wildman–Crippen LogP) is 2.53. The number of ether oxygens (including phenoxy) is 2. The van der Waals surface area contributed by atoms with E-state index in [-0.39, 0.29) is 11.8 Å². The van der Waals surface area contributed by atoms with Gasteiger partial charge in [-0.2, -0.15) is 0 Å². The van der Waals surface area contributed by atoms with Gasteiger partial charge in [0.2, 0.25) is 5.91 Å². The molecule has 6 heteroatoms. The second-order valence-electron chi connectivity index (χ2n) is 6.88. The average molecular weight is 334 g/mol. The van der Waals surface area contributed by atoms with Crippen LogP contribution in [0.3, 0.4) is 0 Å². The Kier molecular flexibility index (Phi) is 5.36. The normalized spacial score (nSPS) is 20.9. The highest BCUT2D eigenvalue weighted by Gasteiger charge is 2.42. The highest BCUT2D eigenvalue weighted by atomic mass is 16.6. The molecule has 0 spiro atoms. The van der Waals surface area contributed by atoms with Crippen molar-refractivity contribution in [1.29, 1.82) is 0 Å². The van der Waals surface area contributed by atoms with Crippen LogP contribution < -0.4 is 10.1 Å². The fourth-order valence-corrected chi connectivity index (χ4v) is 2.83. The molecule has 6 nitrogen and oxygen atoms in total. The average Bonchev–Trinajstić information content (AvgIpc) is 2.82. The minimum Gasteiger partial charge on any atom is -0.497 e. The van der Waals surface area contributed by atoms with Crippen LogP contribution in [0.5, 0.6) is 5.75 Å². The Morgan fingerprint density at radius 3 is 2.42 bits per heavy atom. The summed E-state index contributed by atoms with van der Waals surface area (Å²) in [6, 6.07) is 6.96. The molecule has 1 fully saturated rings. The van der Waals surface area contributed by atoms with E-state index in [4.69, 9.17) is 9.47 Å². The van der Waals surface area contributed by atoms with E-state index in [9.17, 15) is 9.59 Å². The summed E-state index contributed by atoms with van der Waals surface area (Å²) in [5.41, 5.74) is 0.382. The van der Waals surface area contributed by atoms with E-state index in [1.807, 2.05) is 31.2 Å². The Morgan fingerprint density at radius 1 is 1.29 bits per heavy atom. The Hall–Kier alpha value is -2.24. The monoisotopic (exact) mass is 334 g/mol. The first-order valence-corrected chi connectivity index (χ1v) is 8.17. The number of likely N-dealkylation sites (N-methyl/N-ethyl adjacent to an activating group) is 1. The molecule has 1 heterocycles. The van der Waals surface area contributed by atoms with E-state index in [2.05, 4.69) is 5.32 Å². The zero-order chi connectivity index (χ0) is 17.9. The van der Waals surface area contributed by atoms with Crippen LogP contribution in [-0.4, -0.2) is 48.7 Å². The van der Waals surface area contributed by atoms with Gasteiger partial charge < -0.3 is 19.7 Å². The number of amides is 2. The van der Waals surface area contributed by atoms with Gasteiger partial charge in [0.05, 0.1) is 7.11 Å². The number of hydrogen-bond donors (Lipinski definition) is 1.